The first kappa shape index (κ1) is 23.9. The van der Waals surface area contributed by atoms with Crippen molar-refractivity contribution < 1.29 is 13.5 Å². The summed E-state index contributed by atoms with van der Waals surface area (Å²) in [6, 6.07) is 31.1. The van der Waals surface area contributed by atoms with Gasteiger partial charge in [0.05, 0.1) is 11.7 Å². The van der Waals surface area contributed by atoms with E-state index < -0.39 is 0 Å². The molecule has 0 aliphatic carbocycles. The first-order chi connectivity index (χ1) is 18.6. The van der Waals surface area contributed by atoms with Crippen LogP contribution < -0.4 is 15.0 Å². The maximum atomic E-state index is 13.5. The highest BCUT2D eigenvalue weighted by molar-refractivity contribution is 7.80. The lowest BCUT2D eigenvalue weighted by Gasteiger charge is -2.26. The van der Waals surface area contributed by atoms with Crippen molar-refractivity contribution >= 4 is 23.0 Å². The zero-order valence-electron chi connectivity index (χ0n) is 20.5. The van der Waals surface area contributed by atoms with Crippen LogP contribution in [0.3, 0.4) is 0 Å². The quantitative estimate of drug-likeness (QED) is 0.231. The molecular formula is C31H24FN3O2S. The topological polar surface area (TPSA) is 50.5 Å². The minimum absolute atomic E-state index is 0.237. The minimum atomic E-state index is -0.297. The van der Waals surface area contributed by atoms with Crippen LogP contribution in [0.1, 0.15) is 29.1 Å². The fraction of sp³-hybridized carbons (Fsp3) is 0.0968. The summed E-state index contributed by atoms with van der Waals surface area (Å²) < 4.78 is 25.9. The van der Waals surface area contributed by atoms with Gasteiger partial charge in [-0.3, -0.25) is 4.98 Å². The number of para-hydroxylation sites is 1. The first-order valence-electron chi connectivity index (χ1n) is 12.3. The van der Waals surface area contributed by atoms with Gasteiger partial charge in [-0.2, -0.15) is 0 Å². The molecule has 0 spiro atoms. The molecule has 0 bridgehead atoms. The monoisotopic (exact) mass is 521 g/mol. The number of halogens is 1. The summed E-state index contributed by atoms with van der Waals surface area (Å²) >= 11 is 5.82. The maximum absolute atomic E-state index is 13.5. The van der Waals surface area contributed by atoms with Gasteiger partial charge in [0.2, 0.25) is 0 Å². The van der Waals surface area contributed by atoms with Gasteiger partial charge in [-0.1, -0.05) is 24.3 Å². The van der Waals surface area contributed by atoms with Crippen molar-refractivity contribution in [1.82, 2.24) is 10.3 Å². The van der Waals surface area contributed by atoms with Crippen LogP contribution >= 0.6 is 12.2 Å². The van der Waals surface area contributed by atoms with Crippen LogP contribution in [0, 0.1) is 12.7 Å². The number of pyridine rings is 1. The van der Waals surface area contributed by atoms with Crippen LogP contribution in [0.5, 0.6) is 11.5 Å². The lowest BCUT2D eigenvalue weighted by atomic mass is 10.0. The van der Waals surface area contributed by atoms with Gasteiger partial charge in [-0.05, 0) is 104 Å². The number of thiocarbonyl (C=S) groups is 1. The third-order valence-electron chi connectivity index (χ3n) is 6.58. The Labute approximate surface area is 225 Å². The van der Waals surface area contributed by atoms with Crippen LogP contribution in [-0.4, -0.2) is 10.1 Å². The van der Waals surface area contributed by atoms with E-state index in [0.717, 1.165) is 34.0 Å². The molecule has 38 heavy (non-hydrogen) atoms. The molecule has 3 heterocycles. The molecule has 0 amide bonds. The molecule has 1 N–H and O–H groups in total. The second-order valence-corrected chi connectivity index (χ2v) is 9.45. The van der Waals surface area contributed by atoms with Crippen LogP contribution in [0.25, 0.3) is 11.3 Å². The molecule has 6 rings (SSSR count). The SMILES string of the molecule is Cc1ccccc1Oc1ccc(N2C(=S)N[C@@H](c3ccccn3)[C@H]2c2ccc(-c3ccc(F)cc3)o2)cc1. The van der Waals surface area contributed by atoms with E-state index in [9.17, 15) is 4.39 Å². The molecule has 0 unspecified atom stereocenters. The van der Waals surface area contributed by atoms with Crippen LogP contribution in [0.4, 0.5) is 10.1 Å². The normalized spacial score (nSPS) is 16.9. The Morgan fingerprint density at radius 1 is 0.895 bits per heavy atom. The van der Waals surface area contributed by atoms with E-state index in [0.29, 0.717) is 16.6 Å². The first-order valence-corrected chi connectivity index (χ1v) is 12.7. The van der Waals surface area contributed by atoms with Crippen molar-refractivity contribution in [2.75, 3.05) is 4.90 Å². The highest BCUT2D eigenvalue weighted by atomic mass is 32.1. The lowest BCUT2D eigenvalue weighted by molar-refractivity contribution is 0.439. The standard InChI is InChI=1S/C31H24FN3O2S/c1-20-6-2-3-8-26(20)36-24-15-13-23(14-16-24)35-30(29(34-31(35)38)25-7-4-5-19-33-25)28-18-17-27(37-28)21-9-11-22(32)12-10-21/h2-19,29-30H,1H3,(H,34,38)/t29-,30+/m0/s1. The van der Waals surface area contributed by atoms with Gasteiger partial charge >= 0.3 is 0 Å². The Kier molecular flexibility index (Phi) is 6.35. The van der Waals surface area contributed by atoms with Gasteiger partial charge in [0, 0.05) is 17.4 Å². The van der Waals surface area contributed by atoms with E-state index in [1.807, 2.05) is 90.7 Å². The number of benzene rings is 3. The highest BCUT2D eigenvalue weighted by Crippen LogP contribution is 2.43. The molecule has 1 aliphatic heterocycles. The largest absolute Gasteiger partial charge is 0.459 e. The van der Waals surface area contributed by atoms with Gasteiger partial charge in [0.15, 0.2) is 5.11 Å². The summed E-state index contributed by atoms with van der Waals surface area (Å²) in [7, 11) is 0. The van der Waals surface area contributed by atoms with Crippen molar-refractivity contribution in [3.05, 3.63) is 132 Å². The van der Waals surface area contributed by atoms with Gasteiger partial charge in [-0.25, -0.2) is 4.39 Å². The van der Waals surface area contributed by atoms with Crippen molar-refractivity contribution in [1.29, 1.82) is 0 Å². The summed E-state index contributed by atoms with van der Waals surface area (Å²) in [4.78, 5) is 6.63. The average molecular weight is 522 g/mol. The second kappa shape index (κ2) is 10.1. The third-order valence-corrected chi connectivity index (χ3v) is 6.90. The number of nitrogens with zero attached hydrogens (tertiary/aromatic N) is 2. The second-order valence-electron chi connectivity index (χ2n) is 9.07. The number of furan rings is 1. The average Bonchev–Trinajstić information content (AvgIpc) is 3.56. The minimum Gasteiger partial charge on any atom is -0.459 e. The number of hydrogen-bond donors (Lipinski definition) is 1. The van der Waals surface area contributed by atoms with Gasteiger partial charge < -0.3 is 19.4 Å². The van der Waals surface area contributed by atoms with Gasteiger partial charge in [0.25, 0.3) is 0 Å². The van der Waals surface area contributed by atoms with E-state index >= 15 is 0 Å². The van der Waals surface area contributed by atoms with Gasteiger partial charge in [0.1, 0.15) is 34.9 Å². The van der Waals surface area contributed by atoms with Crippen molar-refractivity contribution in [2.45, 2.75) is 19.0 Å². The summed E-state index contributed by atoms with van der Waals surface area (Å²) in [5.74, 6) is 2.63. The van der Waals surface area contributed by atoms with Crippen LogP contribution in [0.2, 0.25) is 0 Å². The molecule has 188 valence electrons. The van der Waals surface area contributed by atoms with E-state index in [4.69, 9.17) is 21.4 Å². The summed E-state index contributed by atoms with van der Waals surface area (Å²) in [6.45, 7) is 2.02. The summed E-state index contributed by atoms with van der Waals surface area (Å²) in [5.41, 5.74) is 3.60. The predicted molar refractivity (Wildman–Crippen MR) is 150 cm³/mol. The van der Waals surface area contributed by atoms with Crippen LogP contribution in [0.15, 0.2) is 114 Å². The number of anilines is 1. The van der Waals surface area contributed by atoms with E-state index in [2.05, 4.69) is 10.3 Å². The summed E-state index contributed by atoms with van der Waals surface area (Å²) in [6.07, 6.45) is 1.77. The Balaban J connectivity index is 1.35. The molecule has 2 aromatic heterocycles. The Bertz CT molecular complexity index is 1570. The molecule has 1 saturated heterocycles. The molecule has 1 fully saturated rings. The Morgan fingerprint density at radius 3 is 2.39 bits per heavy atom. The fourth-order valence-electron chi connectivity index (χ4n) is 4.68. The molecular weight excluding hydrogens is 497 g/mol. The highest BCUT2D eigenvalue weighted by Gasteiger charge is 2.42. The molecule has 7 heteroatoms. The smallest absolute Gasteiger partial charge is 0.174 e. The number of aryl methyl sites for hydroxylation is 1. The van der Waals surface area contributed by atoms with Gasteiger partial charge in [-0.15, -0.1) is 0 Å². The van der Waals surface area contributed by atoms with E-state index in [1.165, 1.54) is 12.1 Å². The molecule has 1 aliphatic rings. The van der Waals surface area contributed by atoms with Crippen LogP contribution in [-0.2, 0) is 0 Å². The Morgan fingerprint density at radius 2 is 1.66 bits per heavy atom. The fourth-order valence-corrected chi connectivity index (χ4v) is 5.02. The van der Waals surface area contributed by atoms with E-state index in [-0.39, 0.29) is 17.9 Å². The van der Waals surface area contributed by atoms with E-state index in [1.54, 1.807) is 18.3 Å². The molecule has 2 atom stereocenters. The predicted octanol–water partition coefficient (Wildman–Crippen LogP) is 7.76. The number of ether oxygens (including phenoxy) is 1. The zero-order valence-corrected chi connectivity index (χ0v) is 21.4. The molecule has 0 radical (unpaired) electrons. The number of nitrogens with one attached hydrogen (secondary N) is 1. The number of hydrogen-bond acceptors (Lipinski definition) is 4. The lowest BCUT2D eigenvalue weighted by Crippen LogP contribution is -2.29. The number of rotatable bonds is 6. The molecule has 3 aromatic carbocycles. The summed E-state index contributed by atoms with van der Waals surface area (Å²) in [5, 5.41) is 4.01. The maximum Gasteiger partial charge on any atom is 0.174 e. The van der Waals surface area contributed by atoms with Crippen molar-refractivity contribution in [2.24, 2.45) is 0 Å². The third kappa shape index (κ3) is 4.64. The number of aromatic nitrogens is 1. The Hall–Kier alpha value is -4.49. The molecule has 5 nitrogen and oxygen atoms in total. The molecule has 0 saturated carbocycles. The van der Waals surface area contributed by atoms with Crippen molar-refractivity contribution in [3.8, 4) is 22.8 Å². The zero-order chi connectivity index (χ0) is 26.1. The van der Waals surface area contributed by atoms with Crippen molar-refractivity contribution in [3.63, 3.8) is 0 Å². The molecule has 5 aromatic rings.